The zero-order valence-electron chi connectivity index (χ0n) is 8.30. The SMILES string of the molecule is C[S+](C)[BH2-]c1c(F)c(F)c(F)c(F)c1F. The van der Waals surface area contributed by atoms with Gasteiger partial charge in [-0.2, -0.15) is 0 Å². The van der Waals surface area contributed by atoms with E-state index >= 15 is 0 Å². The van der Waals surface area contributed by atoms with Crippen molar-refractivity contribution in [1.29, 1.82) is 0 Å². The molecule has 1 rings (SSSR count). The van der Waals surface area contributed by atoms with Crippen molar-refractivity contribution in [2.45, 2.75) is 0 Å². The zero-order chi connectivity index (χ0) is 11.7. The molecule has 0 nitrogen and oxygen atoms in total. The fourth-order valence-corrected chi connectivity index (χ4v) is 2.48. The Morgan fingerprint density at radius 1 is 0.733 bits per heavy atom. The van der Waals surface area contributed by atoms with Gasteiger partial charge in [0, 0.05) is 0 Å². The second-order valence-electron chi connectivity index (χ2n) is 3.62. The van der Waals surface area contributed by atoms with Gasteiger partial charge in [0.1, 0.15) is 11.6 Å². The summed E-state index contributed by atoms with van der Waals surface area (Å²) in [5.41, 5.74) is -0.611. The van der Waals surface area contributed by atoms with Gasteiger partial charge in [0.2, 0.25) is 6.56 Å². The van der Waals surface area contributed by atoms with Crippen LogP contribution in [0.15, 0.2) is 0 Å². The molecule has 7 heteroatoms. The van der Waals surface area contributed by atoms with Crippen LogP contribution in [0.5, 0.6) is 0 Å². The van der Waals surface area contributed by atoms with E-state index in [-0.39, 0.29) is 10.7 Å². The van der Waals surface area contributed by atoms with Crippen molar-refractivity contribution in [1.82, 2.24) is 0 Å². The van der Waals surface area contributed by atoms with Crippen LogP contribution in [0, 0.1) is 29.1 Å². The van der Waals surface area contributed by atoms with E-state index in [1.54, 1.807) is 12.5 Å². The molecule has 0 bridgehead atoms. The van der Waals surface area contributed by atoms with Crippen LogP contribution in [-0.2, 0) is 10.7 Å². The van der Waals surface area contributed by atoms with Crippen molar-refractivity contribution in [3.05, 3.63) is 29.1 Å². The first kappa shape index (κ1) is 12.4. The molecule has 0 atom stereocenters. The maximum Gasteiger partial charge on any atom is 0.230 e. The van der Waals surface area contributed by atoms with E-state index in [1.807, 2.05) is 0 Å². The Hall–Kier alpha value is -0.715. The molecule has 1 aromatic rings. The molecular weight excluding hydrogens is 234 g/mol. The molecule has 0 unspecified atom stereocenters. The summed E-state index contributed by atoms with van der Waals surface area (Å²) in [5.74, 6) is -9.14. The summed E-state index contributed by atoms with van der Waals surface area (Å²) in [6.07, 6.45) is 3.41. The fourth-order valence-electron chi connectivity index (χ4n) is 1.30. The van der Waals surface area contributed by atoms with E-state index in [1.165, 1.54) is 0 Å². The molecule has 0 aliphatic heterocycles. The third kappa shape index (κ3) is 2.27. The smallest absolute Gasteiger partial charge is 0.230 e. The summed E-state index contributed by atoms with van der Waals surface area (Å²) < 4.78 is 64.2. The molecule has 0 fully saturated rings. The molecule has 15 heavy (non-hydrogen) atoms. The number of hydrogen-bond acceptors (Lipinski definition) is 0. The fraction of sp³-hybridized carbons (Fsp3) is 0.250. The Morgan fingerprint density at radius 3 is 1.40 bits per heavy atom. The van der Waals surface area contributed by atoms with E-state index in [0.29, 0.717) is 0 Å². The maximum atomic E-state index is 13.1. The van der Waals surface area contributed by atoms with Crippen molar-refractivity contribution in [2.24, 2.45) is 0 Å². The van der Waals surface area contributed by atoms with Gasteiger partial charge in [-0.15, -0.1) is 0 Å². The van der Waals surface area contributed by atoms with Gasteiger partial charge in [-0.25, -0.2) is 32.7 Å². The summed E-state index contributed by atoms with van der Waals surface area (Å²) in [5, 5.41) is 0. The predicted molar refractivity (Wildman–Crippen MR) is 53.6 cm³/mol. The first-order valence-corrected chi connectivity index (χ1v) is 6.62. The lowest BCUT2D eigenvalue weighted by Gasteiger charge is -2.11. The topological polar surface area (TPSA) is 0 Å². The van der Waals surface area contributed by atoms with Crippen LogP contribution in [0.4, 0.5) is 22.0 Å². The highest BCUT2D eigenvalue weighted by Gasteiger charge is 2.24. The summed E-state index contributed by atoms with van der Waals surface area (Å²) in [6, 6.07) is 0. The first-order valence-electron chi connectivity index (χ1n) is 4.17. The Balaban J connectivity index is 3.39. The number of halogens is 5. The maximum absolute atomic E-state index is 13.1. The monoisotopic (exact) mass is 242 g/mol. The minimum Gasteiger partial charge on any atom is -0.231 e. The number of rotatable bonds is 2. The van der Waals surface area contributed by atoms with Crippen LogP contribution in [0.3, 0.4) is 0 Å². The van der Waals surface area contributed by atoms with Crippen LogP contribution in [0.2, 0.25) is 0 Å². The molecule has 0 aliphatic rings. The normalized spacial score (nSPS) is 11.2. The summed E-state index contributed by atoms with van der Waals surface area (Å²) in [4.78, 5) is 0. The van der Waals surface area contributed by atoms with Crippen molar-refractivity contribution in [3.63, 3.8) is 0 Å². The highest BCUT2D eigenvalue weighted by atomic mass is 32.2. The molecule has 0 aliphatic carbocycles. The van der Waals surface area contributed by atoms with Crippen LogP contribution in [0.1, 0.15) is 0 Å². The van der Waals surface area contributed by atoms with Crippen molar-refractivity contribution in [3.8, 4) is 0 Å². The lowest BCUT2D eigenvalue weighted by Crippen LogP contribution is -2.31. The number of hydrogen-bond donors (Lipinski definition) is 0. The van der Waals surface area contributed by atoms with Gasteiger partial charge in [0.05, 0.1) is 12.5 Å². The Labute approximate surface area is 87.0 Å². The van der Waals surface area contributed by atoms with Crippen LogP contribution >= 0.6 is 0 Å². The standard InChI is InChI=1S/C8H8BF5S/c1-15(2)9-3-4(10)6(12)8(14)7(13)5(3)11/h9H2,1-2H3. The summed E-state index contributed by atoms with van der Waals surface area (Å²) >= 11 is 0. The van der Waals surface area contributed by atoms with E-state index in [4.69, 9.17) is 0 Å². The highest BCUT2D eigenvalue weighted by Crippen LogP contribution is 2.15. The predicted octanol–water partition coefficient (Wildman–Crippen LogP) is 0.969. The van der Waals surface area contributed by atoms with Crippen LogP contribution in [-0.4, -0.2) is 19.1 Å². The second-order valence-corrected chi connectivity index (χ2v) is 6.48. The van der Waals surface area contributed by atoms with Gasteiger partial charge < -0.3 is 0 Å². The van der Waals surface area contributed by atoms with Gasteiger partial charge >= 0.3 is 0 Å². The van der Waals surface area contributed by atoms with Gasteiger partial charge in [-0.3, -0.25) is 0 Å². The lowest BCUT2D eigenvalue weighted by molar-refractivity contribution is 0.384. The van der Waals surface area contributed by atoms with Gasteiger partial charge in [0.25, 0.3) is 0 Å². The van der Waals surface area contributed by atoms with Crippen LogP contribution < -0.4 is 5.46 Å². The Kier molecular flexibility index (Phi) is 3.65. The van der Waals surface area contributed by atoms with E-state index in [2.05, 4.69) is 0 Å². The summed E-state index contributed by atoms with van der Waals surface area (Å²) in [7, 11) is -0.321. The number of benzene rings is 1. The molecule has 1 aromatic carbocycles. The van der Waals surface area contributed by atoms with Gasteiger partial charge in [-0.1, -0.05) is 5.46 Å². The van der Waals surface area contributed by atoms with Gasteiger partial charge in [0.15, 0.2) is 17.5 Å². The third-order valence-corrected chi connectivity index (χ3v) is 3.27. The second kappa shape index (κ2) is 4.43. The molecular formula is C8H8BF5S. The third-order valence-electron chi connectivity index (χ3n) is 2.04. The first-order chi connectivity index (χ1) is 6.86. The highest BCUT2D eigenvalue weighted by molar-refractivity contribution is 8.19. The minimum atomic E-state index is -2.09. The van der Waals surface area contributed by atoms with Crippen molar-refractivity contribution in [2.75, 3.05) is 12.5 Å². The molecule has 0 saturated carbocycles. The molecule has 0 heterocycles. The van der Waals surface area contributed by atoms with Crippen molar-refractivity contribution >= 4 is 22.8 Å². The molecule has 0 radical (unpaired) electrons. The quantitative estimate of drug-likeness (QED) is 0.238. The Morgan fingerprint density at radius 2 is 1.07 bits per heavy atom. The molecule has 0 spiro atoms. The lowest BCUT2D eigenvalue weighted by atomic mass is 9.92. The van der Waals surface area contributed by atoms with Crippen molar-refractivity contribution < 1.29 is 22.0 Å². The van der Waals surface area contributed by atoms with Crippen LogP contribution in [0.25, 0.3) is 0 Å². The molecule has 0 saturated heterocycles. The largest absolute Gasteiger partial charge is 0.231 e. The average molecular weight is 242 g/mol. The Bertz CT molecular complexity index is 364. The van der Waals surface area contributed by atoms with E-state index < -0.39 is 41.1 Å². The molecule has 0 N–H and O–H groups in total. The van der Waals surface area contributed by atoms with E-state index in [9.17, 15) is 22.0 Å². The minimum absolute atomic E-state index is 0.321. The molecule has 0 aromatic heterocycles. The van der Waals surface area contributed by atoms with E-state index in [0.717, 1.165) is 0 Å². The zero-order valence-corrected chi connectivity index (χ0v) is 9.11. The molecule has 0 amide bonds. The summed E-state index contributed by atoms with van der Waals surface area (Å²) in [6.45, 7) is -1.33. The molecule has 84 valence electrons. The average Bonchev–Trinajstić information content (AvgIpc) is 2.18. The van der Waals surface area contributed by atoms with Gasteiger partial charge in [-0.05, 0) is 0 Å².